The molecule has 0 radical (unpaired) electrons. The lowest BCUT2D eigenvalue weighted by molar-refractivity contribution is -0.139. The summed E-state index contributed by atoms with van der Waals surface area (Å²) in [5.41, 5.74) is 0. The lowest BCUT2D eigenvalue weighted by Gasteiger charge is -2.02. The molecule has 14 heavy (non-hydrogen) atoms. The Morgan fingerprint density at radius 1 is 1.57 bits per heavy atom. The van der Waals surface area contributed by atoms with Gasteiger partial charge in [0.15, 0.2) is 6.17 Å². The van der Waals surface area contributed by atoms with E-state index in [1.807, 2.05) is 0 Å². The van der Waals surface area contributed by atoms with Gasteiger partial charge in [0, 0.05) is 11.3 Å². The van der Waals surface area contributed by atoms with Gasteiger partial charge in [-0.3, -0.25) is 9.59 Å². The molecule has 1 aromatic rings. The van der Waals surface area contributed by atoms with Crippen LogP contribution in [0.1, 0.15) is 30.8 Å². The highest BCUT2D eigenvalue weighted by molar-refractivity contribution is 7.10. The van der Waals surface area contributed by atoms with E-state index < -0.39 is 17.7 Å². The number of carbonyl (C=O) groups is 2. The van der Waals surface area contributed by atoms with E-state index in [9.17, 15) is 14.0 Å². The van der Waals surface area contributed by atoms with Crippen LogP contribution in [0.3, 0.4) is 0 Å². The van der Waals surface area contributed by atoms with Crippen molar-refractivity contribution in [2.75, 3.05) is 0 Å². The fourth-order valence-electron chi connectivity index (χ4n) is 1.06. The minimum Gasteiger partial charge on any atom is -0.291 e. The van der Waals surface area contributed by atoms with Crippen molar-refractivity contribution in [1.29, 1.82) is 0 Å². The lowest BCUT2D eigenvalue weighted by atomic mass is 10.1. The Morgan fingerprint density at radius 3 is 2.79 bits per heavy atom. The summed E-state index contributed by atoms with van der Waals surface area (Å²) in [5.74, 6) is -1.54. The van der Waals surface area contributed by atoms with Crippen LogP contribution in [0, 0.1) is 0 Å². The zero-order valence-corrected chi connectivity index (χ0v) is 8.64. The van der Waals surface area contributed by atoms with Crippen LogP contribution in [-0.2, 0) is 9.59 Å². The van der Waals surface area contributed by atoms with E-state index in [1.54, 1.807) is 18.4 Å². The maximum absolute atomic E-state index is 13.4. The van der Waals surface area contributed by atoms with E-state index in [0.717, 1.165) is 11.3 Å². The number of rotatable bonds is 5. The van der Waals surface area contributed by atoms with Gasteiger partial charge >= 0.3 is 0 Å². The first kappa shape index (κ1) is 11.0. The molecule has 0 amide bonds. The van der Waals surface area contributed by atoms with Crippen LogP contribution in [0.2, 0.25) is 0 Å². The summed E-state index contributed by atoms with van der Waals surface area (Å²) in [6, 6.07) is 3.18. The zero-order chi connectivity index (χ0) is 10.6. The second-order valence-electron chi connectivity index (χ2n) is 2.92. The Labute approximate surface area is 85.7 Å². The number of hydrogen-bond acceptors (Lipinski definition) is 3. The quantitative estimate of drug-likeness (QED) is 0.706. The third kappa shape index (κ3) is 2.48. The molecule has 76 valence electrons. The monoisotopic (exact) mass is 214 g/mol. The van der Waals surface area contributed by atoms with Crippen molar-refractivity contribution in [3.8, 4) is 0 Å². The number of thiophene rings is 1. The molecule has 0 spiro atoms. The zero-order valence-electron chi connectivity index (χ0n) is 7.83. The lowest BCUT2D eigenvalue weighted by Crippen LogP contribution is -2.18. The first-order chi connectivity index (χ1) is 6.66. The Kier molecular flexibility index (Phi) is 3.95. The van der Waals surface area contributed by atoms with Gasteiger partial charge < -0.3 is 0 Å². The van der Waals surface area contributed by atoms with Gasteiger partial charge in [0.1, 0.15) is 0 Å². The molecule has 0 aliphatic rings. The average molecular weight is 214 g/mol. The average Bonchev–Trinajstić information content (AvgIpc) is 2.68. The molecule has 2 nitrogen and oxygen atoms in total. The van der Waals surface area contributed by atoms with Gasteiger partial charge in [0.2, 0.25) is 11.6 Å². The van der Waals surface area contributed by atoms with Crippen LogP contribution < -0.4 is 0 Å². The van der Waals surface area contributed by atoms with Crippen LogP contribution in [0.15, 0.2) is 17.5 Å². The molecule has 0 saturated heterocycles. The minimum atomic E-state index is -1.77. The largest absolute Gasteiger partial charge is 0.291 e. The van der Waals surface area contributed by atoms with Gasteiger partial charge in [-0.05, 0) is 17.9 Å². The summed E-state index contributed by atoms with van der Waals surface area (Å²) in [6.45, 7) is 1.78. The molecular weight excluding hydrogens is 203 g/mol. The molecule has 0 N–H and O–H groups in total. The highest BCUT2D eigenvalue weighted by atomic mass is 32.1. The molecule has 1 aromatic heterocycles. The van der Waals surface area contributed by atoms with E-state index in [-0.39, 0.29) is 6.42 Å². The van der Waals surface area contributed by atoms with Crippen molar-refractivity contribution in [1.82, 2.24) is 0 Å². The number of Topliss-reactive ketones (excluding diaryl/α,β-unsaturated/α-hetero) is 2. The van der Waals surface area contributed by atoms with E-state index in [0.29, 0.717) is 11.3 Å². The summed E-state index contributed by atoms with van der Waals surface area (Å²) in [6.07, 6.45) is -1.07. The topological polar surface area (TPSA) is 34.1 Å². The Bertz CT molecular complexity index is 319. The highest BCUT2D eigenvalue weighted by Gasteiger charge is 2.26. The summed E-state index contributed by atoms with van der Waals surface area (Å²) < 4.78 is 13.4. The standard InChI is InChI=1S/C10H11FO2S/c1-2-4-7(12)10(13)9(11)8-5-3-6-14-8/h3,5-6,9H,2,4H2,1H3. The SMILES string of the molecule is CCCC(=O)C(=O)C(F)c1cccs1. The molecule has 4 heteroatoms. The van der Waals surface area contributed by atoms with Gasteiger partial charge in [-0.1, -0.05) is 13.0 Å². The van der Waals surface area contributed by atoms with Crippen molar-refractivity contribution in [2.45, 2.75) is 25.9 Å². The first-order valence-corrected chi connectivity index (χ1v) is 5.29. The van der Waals surface area contributed by atoms with Crippen LogP contribution >= 0.6 is 11.3 Å². The maximum Gasteiger partial charge on any atom is 0.237 e. The predicted octanol–water partition coefficient (Wildman–Crippen LogP) is 2.70. The normalized spacial score (nSPS) is 12.4. The summed E-state index contributed by atoms with van der Waals surface area (Å²) >= 11 is 1.15. The molecular formula is C10H11FO2S. The van der Waals surface area contributed by atoms with Gasteiger partial charge in [-0.2, -0.15) is 0 Å². The second kappa shape index (κ2) is 5.00. The first-order valence-electron chi connectivity index (χ1n) is 4.41. The van der Waals surface area contributed by atoms with Crippen molar-refractivity contribution in [3.63, 3.8) is 0 Å². The predicted molar refractivity (Wildman–Crippen MR) is 53.1 cm³/mol. The molecule has 1 heterocycles. The van der Waals surface area contributed by atoms with E-state index in [4.69, 9.17) is 0 Å². The van der Waals surface area contributed by atoms with Crippen molar-refractivity contribution < 1.29 is 14.0 Å². The molecule has 0 bridgehead atoms. The van der Waals surface area contributed by atoms with Crippen molar-refractivity contribution >= 4 is 22.9 Å². The Hall–Kier alpha value is -1.03. The van der Waals surface area contributed by atoms with Gasteiger partial charge in [-0.15, -0.1) is 11.3 Å². The molecule has 0 saturated carbocycles. The third-order valence-corrected chi connectivity index (χ3v) is 2.68. The molecule has 1 unspecified atom stereocenters. The molecule has 0 aromatic carbocycles. The smallest absolute Gasteiger partial charge is 0.237 e. The van der Waals surface area contributed by atoms with Crippen LogP contribution in [0.5, 0.6) is 0 Å². The van der Waals surface area contributed by atoms with Gasteiger partial charge in [-0.25, -0.2) is 4.39 Å². The number of carbonyl (C=O) groups excluding carboxylic acids is 2. The Morgan fingerprint density at radius 2 is 2.29 bits per heavy atom. The summed E-state index contributed by atoms with van der Waals surface area (Å²) in [7, 11) is 0. The number of hydrogen-bond donors (Lipinski definition) is 0. The summed E-state index contributed by atoms with van der Waals surface area (Å²) in [5, 5.41) is 1.68. The maximum atomic E-state index is 13.4. The fraction of sp³-hybridized carbons (Fsp3) is 0.400. The fourth-order valence-corrected chi connectivity index (χ4v) is 1.75. The van der Waals surface area contributed by atoms with E-state index in [1.165, 1.54) is 6.07 Å². The molecule has 1 rings (SSSR count). The van der Waals surface area contributed by atoms with E-state index >= 15 is 0 Å². The van der Waals surface area contributed by atoms with Gasteiger partial charge in [0.25, 0.3) is 0 Å². The Balaban J connectivity index is 2.66. The van der Waals surface area contributed by atoms with Crippen molar-refractivity contribution in [2.24, 2.45) is 0 Å². The molecule has 1 atom stereocenters. The minimum absolute atomic E-state index is 0.130. The molecule has 0 fully saturated rings. The summed E-state index contributed by atoms with van der Waals surface area (Å²) in [4.78, 5) is 22.6. The van der Waals surface area contributed by atoms with Crippen LogP contribution in [0.4, 0.5) is 4.39 Å². The molecule has 0 aliphatic heterocycles. The van der Waals surface area contributed by atoms with Crippen molar-refractivity contribution in [3.05, 3.63) is 22.4 Å². The van der Waals surface area contributed by atoms with E-state index in [2.05, 4.69) is 0 Å². The number of halogens is 1. The molecule has 0 aliphatic carbocycles. The van der Waals surface area contributed by atoms with Gasteiger partial charge in [0.05, 0.1) is 0 Å². The van der Waals surface area contributed by atoms with Crippen LogP contribution in [0.25, 0.3) is 0 Å². The third-order valence-electron chi connectivity index (χ3n) is 1.78. The number of alkyl halides is 1. The number of ketones is 2. The second-order valence-corrected chi connectivity index (χ2v) is 3.89. The highest BCUT2D eigenvalue weighted by Crippen LogP contribution is 2.23. The van der Waals surface area contributed by atoms with Crippen LogP contribution in [-0.4, -0.2) is 11.6 Å².